The molecule has 0 aromatic heterocycles. The lowest BCUT2D eigenvalue weighted by atomic mass is 10.1. The average molecular weight is 316 g/mol. The highest BCUT2D eigenvalue weighted by molar-refractivity contribution is 7.89. The van der Waals surface area contributed by atoms with E-state index in [1.807, 2.05) is 0 Å². The van der Waals surface area contributed by atoms with E-state index >= 15 is 0 Å². The lowest BCUT2D eigenvalue weighted by Gasteiger charge is -2.31. The Bertz CT molecular complexity index is 676. The van der Waals surface area contributed by atoms with Gasteiger partial charge in [-0.25, -0.2) is 8.42 Å². The zero-order chi connectivity index (χ0) is 15.6. The van der Waals surface area contributed by atoms with Crippen LogP contribution in [0.1, 0.15) is 19.3 Å². The highest BCUT2D eigenvalue weighted by Gasteiger charge is 2.34. The molecule has 0 bridgehead atoms. The molecule has 2 rings (SSSR count). The third kappa shape index (κ3) is 2.93. The summed E-state index contributed by atoms with van der Waals surface area (Å²) in [6, 6.07) is 1.60. The minimum atomic E-state index is -4.07. The maximum atomic E-state index is 13.3. The van der Waals surface area contributed by atoms with Gasteiger partial charge in [0.05, 0.1) is 15.9 Å². The van der Waals surface area contributed by atoms with Gasteiger partial charge in [0, 0.05) is 12.6 Å². The zero-order valence-electron chi connectivity index (χ0n) is 10.9. The molecular weight excluding hydrogens is 303 g/mol. The average Bonchev–Trinajstić information content (AvgIpc) is 2.47. The predicted octanol–water partition coefficient (Wildman–Crippen LogP) is 1.48. The summed E-state index contributed by atoms with van der Waals surface area (Å²) in [5.74, 6) is -1.11. The lowest BCUT2D eigenvalue weighted by molar-refractivity contribution is -0.387. The van der Waals surface area contributed by atoms with Crippen LogP contribution in [0.5, 0.6) is 0 Å². The minimum Gasteiger partial charge on any atom is -0.302 e. The number of hydrogen-bond donors (Lipinski definition) is 0. The van der Waals surface area contributed by atoms with Crippen molar-refractivity contribution in [1.29, 1.82) is 0 Å². The molecule has 1 atom stereocenters. The van der Waals surface area contributed by atoms with E-state index < -0.39 is 32.5 Å². The van der Waals surface area contributed by atoms with Crippen LogP contribution in [0.4, 0.5) is 10.1 Å². The number of carbonyl (C=O) groups excluding carboxylic acids is 1. The van der Waals surface area contributed by atoms with Crippen molar-refractivity contribution in [3.8, 4) is 0 Å². The Kier molecular flexibility index (Phi) is 4.33. The predicted molar refractivity (Wildman–Crippen MR) is 70.6 cm³/mol. The Morgan fingerprint density at radius 2 is 2.10 bits per heavy atom. The zero-order valence-corrected chi connectivity index (χ0v) is 11.8. The second kappa shape index (κ2) is 5.86. The molecule has 0 amide bonds. The first kappa shape index (κ1) is 15.5. The van der Waals surface area contributed by atoms with E-state index in [0.29, 0.717) is 25.2 Å². The van der Waals surface area contributed by atoms with Crippen LogP contribution >= 0.6 is 0 Å². The number of aldehydes is 1. The summed E-state index contributed by atoms with van der Waals surface area (Å²) >= 11 is 0. The van der Waals surface area contributed by atoms with Crippen LogP contribution in [0.25, 0.3) is 0 Å². The number of nitrogens with zero attached hydrogens (tertiary/aromatic N) is 2. The highest BCUT2D eigenvalue weighted by Crippen LogP contribution is 2.27. The number of halogens is 1. The first-order chi connectivity index (χ1) is 9.87. The number of nitro groups is 1. The second-order valence-corrected chi connectivity index (χ2v) is 6.58. The molecule has 0 N–H and O–H groups in total. The summed E-state index contributed by atoms with van der Waals surface area (Å²) in [4.78, 5) is 20.3. The van der Waals surface area contributed by atoms with Gasteiger partial charge in [-0.2, -0.15) is 8.70 Å². The molecule has 0 aliphatic carbocycles. The maximum Gasteiger partial charge on any atom is 0.306 e. The molecule has 9 heteroatoms. The van der Waals surface area contributed by atoms with Crippen LogP contribution in [0.15, 0.2) is 23.1 Å². The molecule has 0 saturated carbocycles. The molecule has 1 fully saturated rings. The Morgan fingerprint density at radius 3 is 2.71 bits per heavy atom. The van der Waals surface area contributed by atoms with Crippen molar-refractivity contribution in [3.05, 3.63) is 34.1 Å². The van der Waals surface area contributed by atoms with Crippen molar-refractivity contribution in [2.75, 3.05) is 6.54 Å². The second-order valence-electron chi connectivity index (χ2n) is 4.69. The fraction of sp³-hybridized carbons (Fsp3) is 0.417. The molecular formula is C12H13FN2O5S. The van der Waals surface area contributed by atoms with E-state index in [1.54, 1.807) is 0 Å². The minimum absolute atomic E-state index is 0.164. The van der Waals surface area contributed by atoms with Gasteiger partial charge in [0.25, 0.3) is 0 Å². The maximum absolute atomic E-state index is 13.3. The number of hydrogen-bond acceptors (Lipinski definition) is 5. The van der Waals surface area contributed by atoms with Crippen LogP contribution < -0.4 is 0 Å². The number of carbonyl (C=O) groups is 1. The molecule has 1 aliphatic heterocycles. The van der Waals surface area contributed by atoms with Gasteiger partial charge in [-0.15, -0.1) is 0 Å². The normalized spacial score (nSPS) is 20.1. The molecule has 114 valence electrons. The number of nitro benzene ring substituents is 1. The Morgan fingerprint density at radius 1 is 1.38 bits per heavy atom. The summed E-state index contributed by atoms with van der Waals surface area (Å²) in [5, 5.41) is 10.7. The first-order valence-electron chi connectivity index (χ1n) is 6.29. The van der Waals surface area contributed by atoms with Crippen molar-refractivity contribution in [1.82, 2.24) is 4.31 Å². The van der Waals surface area contributed by atoms with Gasteiger partial charge >= 0.3 is 5.69 Å². The van der Waals surface area contributed by atoms with Crippen molar-refractivity contribution in [2.24, 2.45) is 0 Å². The van der Waals surface area contributed by atoms with Crippen molar-refractivity contribution in [2.45, 2.75) is 30.2 Å². The van der Waals surface area contributed by atoms with E-state index in [-0.39, 0.29) is 11.4 Å². The van der Waals surface area contributed by atoms with Crippen LogP contribution in [0.3, 0.4) is 0 Å². The molecule has 0 spiro atoms. The molecule has 1 saturated heterocycles. The molecule has 0 radical (unpaired) electrons. The van der Waals surface area contributed by atoms with Crippen LogP contribution in [-0.2, 0) is 14.8 Å². The van der Waals surface area contributed by atoms with Gasteiger partial charge in [0.15, 0.2) is 0 Å². The molecule has 21 heavy (non-hydrogen) atoms. The fourth-order valence-corrected chi connectivity index (χ4v) is 3.95. The third-order valence-electron chi connectivity index (χ3n) is 3.38. The van der Waals surface area contributed by atoms with Gasteiger partial charge in [0.1, 0.15) is 6.29 Å². The molecule has 1 unspecified atom stereocenters. The van der Waals surface area contributed by atoms with Gasteiger partial charge in [0.2, 0.25) is 15.8 Å². The summed E-state index contributed by atoms with van der Waals surface area (Å²) in [6.07, 6.45) is 2.30. The highest BCUT2D eigenvalue weighted by atomic mass is 32.2. The number of benzene rings is 1. The first-order valence-corrected chi connectivity index (χ1v) is 7.73. The smallest absolute Gasteiger partial charge is 0.302 e. The quantitative estimate of drug-likeness (QED) is 0.476. The van der Waals surface area contributed by atoms with Gasteiger partial charge in [-0.05, 0) is 25.0 Å². The Labute approximate surface area is 120 Å². The van der Waals surface area contributed by atoms with Gasteiger partial charge in [-0.3, -0.25) is 10.1 Å². The number of sulfonamides is 1. The van der Waals surface area contributed by atoms with E-state index in [0.717, 1.165) is 22.9 Å². The number of rotatable bonds is 4. The topological polar surface area (TPSA) is 97.6 Å². The van der Waals surface area contributed by atoms with E-state index in [4.69, 9.17) is 0 Å². The Balaban J connectivity index is 2.46. The van der Waals surface area contributed by atoms with E-state index in [1.165, 1.54) is 0 Å². The van der Waals surface area contributed by atoms with E-state index in [2.05, 4.69) is 0 Å². The SMILES string of the molecule is O=CC1CCCCN1S(=O)(=O)c1ccc(F)c([N+](=O)[O-])c1. The Hall–Kier alpha value is -1.87. The summed E-state index contributed by atoms with van der Waals surface area (Å²) in [6.45, 7) is 0.164. The molecule has 1 aromatic carbocycles. The van der Waals surface area contributed by atoms with Gasteiger partial charge < -0.3 is 4.79 Å². The fourth-order valence-electron chi connectivity index (χ4n) is 2.29. The van der Waals surface area contributed by atoms with E-state index in [9.17, 15) is 27.7 Å². The standard InChI is InChI=1S/C12H13FN2O5S/c13-11-5-4-10(7-12(11)15(17)18)21(19,20)14-6-2-1-3-9(14)8-16/h4-5,7-9H,1-3,6H2. The molecule has 1 aromatic rings. The van der Waals surface area contributed by atoms with Crippen molar-refractivity contribution >= 4 is 22.0 Å². The van der Waals surface area contributed by atoms with Crippen molar-refractivity contribution < 1.29 is 22.5 Å². The van der Waals surface area contributed by atoms with Crippen molar-refractivity contribution in [3.63, 3.8) is 0 Å². The number of piperidine rings is 1. The van der Waals surface area contributed by atoms with Crippen LogP contribution in [-0.4, -0.2) is 36.5 Å². The summed E-state index contributed by atoms with van der Waals surface area (Å²) < 4.78 is 39.2. The lowest BCUT2D eigenvalue weighted by Crippen LogP contribution is -2.44. The molecule has 1 aliphatic rings. The molecule has 1 heterocycles. The van der Waals surface area contributed by atoms with Crippen LogP contribution in [0.2, 0.25) is 0 Å². The van der Waals surface area contributed by atoms with Gasteiger partial charge in [-0.1, -0.05) is 6.42 Å². The summed E-state index contributed by atoms with van der Waals surface area (Å²) in [7, 11) is -4.07. The monoisotopic (exact) mass is 316 g/mol. The molecule has 7 nitrogen and oxygen atoms in total. The largest absolute Gasteiger partial charge is 0.306 e. The van der Waals surface area contributed by atoms with Crippen LogP contribution in [0, 0.1) is 15.9 Å². The third-order valence-corrected chi connectivity index (χ3v) is 5.30. The summed E-state index contributed by atoms with van der Waals surface area (Å²) in [5.41, 5.74) is -0.907.